The van der Waals surface area contributed by atoms with Gasteiger partial charge in [-0.1, -0.05) is 0 Å². The van der Waals surface area contributed by atoms with Gasteiger partial charge in [0.25, 0.3) is 0 Å². The first-order valence-electron chi connectivity index (χ1n) is 2.85. The normalized spacial score (nSPS) is 9.75. The fourth-order valence-electron chi connectivity index (χ4n) is 0.228. The van der Waals surface area contributed by atoms with Crippen molar-refractivity contribution in [3.05, 3.63) is 10.2 Å². The van der Waals surface area contributed by atoms with E-state index in [2.05, 4.69) is 24.0 Å². The van der Waals surface area contributed by atoms with Crippen LogP contribution in [0.25, 0.3) is 0 Å². The van der Waals surface area contributed by atoms with Gasteiger partial charge in [0.05, 0.1) is 0 Å². The molecule has 0 saturated heterocycles. The van der Waals surface area contributed by atoms with Crippen molar-refractivity contribution in [1.82, 2.24) is 3.53 Å². The summed E-state index contributed by atoms with van der Waals surface area (Å²) in [6.45, 7) is 9.27. The Kier molecular flexibility index (Phi) is 5.86. The van der Waals surface area contributed by atoms with Crippen molar-refractivity contribution in [2.75, 3.05) is 6.54 Å². The van der Waals surface area contributed by atoms with E-state index >= 15 is 0 Å². The minimum atomic E-state index is 0.118. The first kappa shape index (κ1) is 8.43. The van der Waals surface area contributed by atoms with Crippen LogP contribution in [0.2, 0.25) is 0 Å². The zero-order valence-electron chi connectivity index (χ0n) is 5.50. The predicted octanol–water partition coefficient (Wildman–Crippen LogP) is -1.48. The second-order valence-corrected chi connectivity index (χ2v) is 4.28. The summed E-state index contributed by atoms with van der Waals surface area (Å²) < 4.78 is 4.70. The monoisotopic (exact) mass is 226 g/mol. The summed E-state index contributed by atoms with van der Waals surface area (Å²) in [5, 5.41) is 0. The van der Waals surface area contributed by atoms with E-state index in [1.165, 1.54) is 3.58 Å². The molecule has 0 radical (unpaired) electrons. The molecule has 50 valence electrons. The van der Waals surface area contributed by atoms with Crippen LogP contribution >= 0.6 is 0 Å². The minimum absolute atomic E-state index is 0.118. The Hall–Kier alpha value is 0.430. The third kappa shape index (κ3) is 4.59. The van der Waals surface area contributed by atoms with Crippen molar-refractivity contribution in [2.45, 2.75) is 20.3 Å². The van der Waals surface area contributed by atoms with Gasteiger partial charge in [-0.2, -0.15) is 0 Å². The number of hydrogen-bond acceptors (Lipinski definition) is 1. The van der Waals surface area contributed by atoms with Crippen LogP contribution < -0.4 is 25.0 Å². The number of rotatable bonds is 4. The molecule has 0 spiro atoms. The third-order valence-corrected chi connectivity index (χ3v) is 3.39. The van der Waals surface area contributed by atoms with E-state index < -0.39 is 0 Å². The molecular weight excluding hydrogens is 213 g/mol. The molecule has 0 atom stereocenters. The Morgan fingerprint density at radius 3 is 2.62 bits per heavy atom. The van der Waals surface area contributed by atoms with Crippen molar-refractivity contribution in [2.24, 2.45) is 0 Å². The average molecular weight is 226 g/mol. The standard InChI is InChI=1S/C6H13IN/c1-4-6(3)7-8-5-2/h8H,3-5H2,1-2H3/q-1. The molecule has 1 N–H and O–H groups in total. The summed E-state index contributed by atoms with van der Waals surface area (Å²) in [6.07, 6.45) is 1.14. The molecule has 0 rings (SSSR count). The number of nitrogens with one attached hydrogen (secondary N) is 1. The van der Waals surface area contributed by atoms with Crippen LogP contribution in [-0.2, 0) is 0 Å². The molecule has 1 nitrogen and oxygen atoms in total. The van der Waals surface area contributed by atoms with Crippen molar-refractivity contribution in [3.8, 4) is 0 Å². The second kappa shape index (κ2) is 5.56. The van der Waals surface area contributed by atoms with Gasteiger partial charge in [-0.15, -0.1) is 0 Å². The number of halogens is 1. The van der Waals surface area contributed by atoms with E-state index in [1.807, 2.05) is 0 Å². The predicted molar refractivity (Wildman–Crippen MR) is 33.1 cm³/mol. The van der Waals surface area contributed by atoms with E-state index in [9.17, 15) is 0 Å². The zero-order valence-corrected chi connectivity index (χ0v) is 7.66. The summed E-state index contributed by atoms with van der Waals surface area (Å²) in [5.41, 5.74) is 0. The Balaban J connectivity index is 2.99. The fraction of sp³-hybridized carbons (Fsp3) is 0.667. The van der Waals surface area contributed by atoms with Gasteiger partial charge in [-0.05, 0) is 0 Å². The Morgan fingerprint density at radius 2 is 2.25 bits per heavy atom. The summed E-state index contributed by atoms with van der Waals surface area (Å²) in [6, 6.07) is 0. The molecule has 0 aliphatic heterocycles. The number of hydrogen-bond donors (Lipinski definition) is 1. The van der Waals surface area contributed by atoms with Gasteiger partial charge < -0.3 is 0 Å². The maximum absolute atomic E-state index is 3.90. The molecule has 0 aliphatic carbocycles. The van der Waals surface area contributed by atoms with E-state index in [-0.39, 0.29) is 21.5 Å². The van der Waals surface area contributed by atoms with Crippen molar-refractivity contribution >= 4 is 0 Å². The fourth-order valence-corrected chi connectivity index (χ4v) is 1.53. The van der Waals surface area contributed by atoms with Crippen LogP contribution in [0, 0.1) is 0 Å². The van der Waals surface area contributed by atoms with Crippen LogP contribution in [0.4, 0.5) is 0 Å². The van der Waals surface area contributed by atoms with Gasteiger partial charge in [0.15, 0.2) is 0 Å². The third-order valence-electron chi connectivity index (χ3n) is 0.718. The summed E-state index contributed by atoms with van der Waals surface area (Å²) >= 11 is 0.118. The quantitative estimate of drug-likeness (QED) is 0.455. The molecule has 0 heterocycles. The van der Waals surface area contributed by atoms with Crippen molar-refractivity contribution in [3.63, 3.8) is 0 Å². The van der Waals surface area contributed by atoms with E-state index in [0.29, 0.717) is 0 Å². The molecular formula is C6H13IN-. The summed E-state index contributed by atoms with van der Waals surface area (Å²) in [5.74, 6) is 0. The number of allylic oxidation sites excluding steroid dienone is 1. The van der Waals surface area contributed by atoms with Crippen LogP contribution in [-0.4, -0.2) is 6.54 Å². The van der Waals surface area contributed by atoms with Crippen molar-refractivity contribution < 1.29 is 21.5 Å². The molecule has 0 fully saturated rings. The van der Waals surface area contributed by atoms with Gasteiger partial charge >= 0.3 is 62.0 Å². The van der Waals surface area contributed by atoms with Crippen LogP contribution in [0.3, 0.4) is 0 Å². The molecule has 0 bridgehead atoms. The SMILES string of the molecule is C=C(CC)[I-]NCC. The van der Waals surface area contributed by atoms with E-state index in [1.54, 1.807) is 0 Å². The Morgan fingerprint density at radius 1 is 1.62 bits per heavy atom. The molecule has 0 saturated carbocycles. The van der Waals surface area contributed by atoms with Crippen LogP contribution in [0.5, 0.6) is 0 Å². The van der Waals surface area contributed by atoms with E-state index in [4.69, 9.17) is 0 Å². The van der Waals surface area contributed by atoms with E-state index in [0.717, 1.165) is 13.0 Å². The first-order chi connectivity index (χ1) is 3.81. The van der Waals surface area contributed by atoms with Crippen LogP contribution in [0.15, 0.2) is 10.2 Å². The molecule has 0 aromatic heterocycles. The molecule has 2 heteroatoms. The topological polar surface area (TPSA) is 12.0 Å². The average Bonchev–Trinajstić information content (AvgIpc) is 1.83. The second-order valence-electron chi connectivity index (χ2n) is 1.45. The molecule has 0 aromatic rings. The van der Waals surface area contributed by atoms with Gasteiger partial charge in [0.1, 0.15) is 0 Å². The van der Waals surface area contributed by atoms with Gasteiger partial charge in [-0.3, -0.25) is 0 Å². The maximum atomic E-state index is 3.90. The van der Waals surface area contributed by atoms with Crippen molar-refractivity contribution in [1.29, 1.82) is 0 Å². The Bertz CT molecular complexity index is 70.9. The van der Waals surface area contributed by atoms with Gasteiger partial charge in [-0.25, -0.2) is 0 Å². The molecule has 0 aromatic carbocycles. The van der Waals surface area contributed by atoms with Gasteiger partial charge in [0, 0.05) is 0 Å². The molecule has 8 heavy (non-hydrogen) atoms. The Labute approximate surface area is 62.2 Å². The van der Waals surface area contributed by atoms with Gasteiger partial charge in [0.2, 0.25) is 0 Å². The summed E-state index contributed by atoms with van der Waals surface area (Å²) in [7, 11) is 0. The van der Waals surface area contributed by atoms with Crippen LogP contribution in [0.1, 0.15) is 20.3 Å². The molecule has 0 unspecified atom stereocenters. The zero-order chi connectivity index (χ0) is 6.41. The molecule has 0 aliphatic rings. The first-order valence-corrected chi connectivity index (χ1v) is 5.01. The summed E-state index contributed by atoms with van der Waals surface area (Å²) in [4.78, 5) is 0. The molecule has 0 amide bonds.